The highest BCUT2D eigenvalue weighted by Crippen LogP contribution is 2.29. The lowest BCUT2D eigenvalue weighted by Crippen LogP contribution is -2.54. The first-order valence-corrected chi connectivity index (χ1v) is 5.76. The fourth-order valence-electron chi connectivity index (χ4n) is 1.99. The van der Waals surface area contributed by atoms with Crippen LogP contribution >= 0.6 is 11.8 Å². The molecule has 0 saturated carbocycles. The van der Waals surface area contributed by atoms with Gasteiger partial charge < -0.3 is 15.5 Å². The molecule has 2 heterocycles. The molecular weight excluding hydrogens is 188 g/mol. The summed E-state index contributed by atoms with van der Waals surface area (Å²) in [5.41, 5.74) is -0.409. The fourth-order valence-corrected chi connectivity index (χ4v) is 3.13. The summed E-state index contributed by atoms with van der Waals surface area (Å²) in [6.45, 7) is 3.78. The molecule has 3 N–H and O–H groups in total. The highest BCUT2D eigenvalue weighted by Gasteiger charge is 2.38. The van der Waals surface area contributed by atoms with Gasteiger partial charge in [-0.25, -0.2) is 0 Å². The van der Waals surface area contributed by atoms with Gasteiger partial charge in [-0.2, -0.15) is 0 Å². The van der Waals surface area contributed by atoms with E-state index in [1.807, 2.05) is 0 Å². The van der Waals surface area contributed by atoms with Crippen molar-refractivity contribution in [3.63, 3.8) is 0 Å². The molecule has 76 valence electrons. The van der Waals surface area contributed by atoms with Crippen molar-refractivity contribution < 1.29 is 10.2 Å². The summed E-state index contributed by atoms with van der Waals surface area (Å²) >= 11 is 1.45. The maximum atomic E-state index is 9.67. The summed E-state index contributed by atoms with van der Waals surface area (Å²) in [5, 5.41) is 22.6. The van der Waals surface area contributed by atoms with Gasteiger partial charge in [0, 0.05) is 31.9 Å². The van der Waals surface area contributed by atoms with Crippen LogP contribution in [0.2, 0.25) is 0 Å². The second-order valence-corrected chi connectivity index (χ2v) is 4.72. The summed E-state index contributed by atoms with van der Waals surface area (Å²) in [6, 6.07) is -0.0490. The summed E-state index contributed by atoms with van der Waals surface area (Å²) in [6.07, 6.45) is -0.363. The molecule has 3 atom stereocenters. The molecule has 0 aromatic rings. The average molecular weight is 204 g/mol. The van der Waals surface area contributed by atoms with Gasteiger partial charge in [0.05, 0.1) is 12.1 Å². The molecule has 0 radical (unpaired) electrons. The first-order valence-electron chi connectivity index (χ1n) is 4.71. The monoisotopic (exact) mass is 204 g/mol. The number of nitrogens with zero attached hydrogens (tertiary/aromatic N) is 1. The standard InChI is InChI=1S/C8H16N2O2S/c11-6-5-13-8(12)7(6)10-3-1-9-2-4-10/h6-9,11-12H,1-5H2. The molecule has 2 rings (SSSR count). The predicted molar refractivity (Wildman–Crippen MR) is 52.7 cm³/mol. The van der Waals surface area contributed by atoms with E-state index in [0.29, 0.717) is 5.75 Å². The second kappa shape index (κ2) is 4.14. The molecule has 0 spiro atoms. The van der Waals surface area contributed by atoms with Crippen LogP contribution < -0.4 is 5.32 Å². The van der Waals surface area contributed by atoms with Crippen LogP contribution in [0.4, 0.5) is 0 Å². The number of aliphatic hydroxyl groups is 2. The van der Waals surface area contributed by atoms with Gasteiger partial charge in [-0.3, -0.25) is 4.90 Å². The molecule has 4 nitrogen and oxygen atoms in total. The van der Waals surface area contributed by atoms with Crippen LogP contribution in [0.3, 0.4) is 0 Å². The van der Waals surface area contributed by atoms with E-state index < -0.39 is 5.44 Å². The van der Waals surface area contributed by atoms with Crippen molar-refractivity contribution in [2.75, 3.05) is 31.9 Å². The van der Waals surface area contributed by atoms with E-state index in [4.69, 9.17) is 0 Å². The maximum Gasteiger partial charge on any atom is 0.117 e. The lowest BCUT2D eigenvalue weighted by atomic mass is 10.1. The molecule has 13 heavy (non-hydrogen) atoms. The van der Waals surface area contributed by atoms with Crippen molar-refractivity contribution in [3.8, 4) is 0 Å². The van der Waals surface area contributed by atoms with Crippen LogP contribution in [0.15, 0.2) is 0 Å². The van der Waals surface area contributed by atoms with E-state index in [2.05, 4.69) is 10.2 Å². The predicted octanol–water partition coefficient (Wildman–Crippen LogP) is -1.31. The van der Waals surface area contributed by atoms with Crippen LogP contribution in [0.5, 0.6) is 0 Å². The number of hydrogen-bond acceptors (Lipinski definition) is 5. The Kier molecular flexibility index (Phi) is 3.10. The molecule has 0 aromatic carbocycles. The zero-order valence-corrected chi connectivity index (χ0v) is 8.33. The number of piperazine rings is 1. The third kappa shape index (κ3) is 1.99. The zero-order valence-electron chi connectivity index (χ0n) is 7.52. The summed E-state index contributed by atoms with van der Waals surface area (Å²) in [5.74, 6) is 0.662. The zero-order chi connectivity index (χ0) is 9.26. The summed E-state index contributed by atoms with van der Waals surface area (Å²) in [4.78, 5) is 2.19. The number of rotatable bonds is 1. The normalized spacial score (nSPS) is 42.5. The van der Waals surface area contributed by atoms with E-state index in [9.17, 15) is 10.2 Å². The van der Waals surface area contributed by atoms with Crippen molar-refractivity contribution >= 4 is 11.8 Å². The van der Waals surface area contributed by atoms with Gasteiger partial charge >= 0.3 is 0 Å². The van der Waals surface area contributed by atoms with E-state index in [0.717, 1.165) is 26.2 Å². The number of thioether (sulfide) groups is 1. The van der Waals surface area contributed by atoms with Gasteiger partial charge in [-0.05, 0) is 0 Å². The van der Waals surface area contributed by atoms with E-state index in [1.165, 1.54) is 11.8 Å². The molecule has 2 fully saturated rings. The SMILES string of the molecule is OC1CSC(O)C1N1CCNCC1. The lowest BCUT2D eigenvalue weighted by molar-refractivity contribution is 0.0200. The Hall–Kier alpha value is 0.190. The molecule has 2 aliphatic heterocycles. The average Bonchev–Trinajstić information content (AvgIpc) is 2.48. The topological polar surface area (TPSA) is 55.7 Å². The number of hydrogen-bond donors (Lipinski definition) is 3. The molecule has 5 heteroatoms. The minimum Gasteiger partial charge on any atom is -0.390 e. The van der Waals surface area contributed by atoms with Gasteiger partial charge in [0.25, 0.3) is 0 Å². The molecule has 0 bridgehead atoms. The lowest BCUT2D eigenvalue weighted by Gasteiger charge is -2.35. The van der Waals surface area contributed by atoms with Gasteiger partial charge in [0.2, 0.25) is 0 Å². The Balaban J connectivity index is 1.96. The van der Waals surface area contributed by atoms with Crippen LogP contribution in [-0.4, -0.2) is 64.6 Å². The maximum absolute atomic E-state index is 9.67. The Labute approximate surface area is 82.3 Å². The van der Waals surface area contributed by atoms with E-state index in [1.54, 1.807) is 0 Å². The van der Waals surface area contributed by atoms with E-state index >= 15 is 0 Å². The Morgan fingerprint density at radius 1 is 1.23 bits per heavy atom. The third-order valence-corrected chi connectivity index (χ3v) is 3.85. The van der Waals surface area contributed by atoms with Crippen LogP contribution in [-0.2, 0) is 0 Å². The number of aliphatic hydroxyl groups excluding tert-OH is 2. The molecular formula is C8H16N2O2S. The fraction of sp³-hybridized carbons (Fsp3) is 1.00. The summed E-state index contributed by atoms with van der Waals surface area (Å²) < 4.78 is 0. The molecule has 2 aliphatic rings. The Morgan fingerprint density at radius 3 is 2.46 bits per heavy atom. The van der Waals surface area contributed by atoms with Crippen molar-refractivity contribution in [1.82, 2.24) is 10.2 Å². The molecule has 2 saturated heterocycles. The highest BCUT2D eigenvalue weighted by molar-refractivity contribution is 8.00. The first-order chi connectivity index (χ1) is 6.29. The van der Waals surface area contributed by atoms with Crippen LogP contribution in [0.1, 0.15) is 0 Å². The minimum atomic E-state index is -0.409. The Bertz CT molecular complexity index is 166. The molecule has 3 unspecified atom stereocenters. The smallest absolute Gasteiger partial charge is 0.117 e. The molecule has 0 aliphatic carbocycles. The van der Waals surface area contributed by atoms with Crippen LogP contribution in [0.25, 0.3) is 0 Å². The summed E-state index contributed by atoms with van der Waals surface area (Å²) in [7, 11) is 0. The molecule has 0 amide bonds. The Morgan fingerprint density at radius 2 is 1.92 bits per heavy atom. The second-order valence-electron chi connectivity index (χ2n) is 3.57. The van der Waals surface area contributed by atoms with E-state index in [-0.39, 0.29) is 12.1 Å². The van der Waals surface area contributed by atoms with Crippen molar-refractivity contribution in [3.05, 3.63) is 0 Å². The van der Waals surface area contributed by atoms with Crippen LogP contribution in [0, 0.1) is 0 Å². The third-order valence-electron chi connectivity index (χ3n) is 2.70. The quantitative estimate of drug-likeness (QED) is 0.495. The van der Waals surface area contributed by atoms with Gasteiger partial charge in [0.15, 0.2) is 0 Å². The van der Waals surface area contributed by atoms with Crippen molar-refractivity contribution in [2.24, 2.45) is 0 Å². The van der Waals surface area contributed by atoms with Gasteiger partial charge in [0.1, 0.15) is 5.44 Å². The van der Waals surface area contributed by atoms with Crippen molar-refractivity contribution in [2.45, 2.75) is 17.6 Å². The van der Waals surface area contributed by atoms with Gasteiger partial charge in [-0.15, -0.1) is 11.8 Å². The largest absolute Gasteiger partial charge is 0.390 e. The van der Waals surface area contributed by atoms with Gasteiger partial charge in [-0.1, -0.05) is 0 Å². The number of nitrogens with one attached hydrogen (secondary N) is 1. The first kappa shape index (κ1) is 9.73. The molecule has 0 aromatic heterocycles. The van der Waals surface area contributed by atoms with Crippen molar-refractivity contribution in [1.29, 1.82) is 0 Å². The minimum absolute atomic E-state index is 0.0490. The highest BCUT2D eigenvalue weighted by atomic mass is 32.2.